The minimum Gasteiger partial charge on any atom is -0.366 e. The maximum Gasteiger partial charge on any atom is 0.274 e. The Morgan fingerprint density at radius 2 is 1.66 bits per heavy atom. The van der Waals surface area contributed by atoms with E-state index in [9.17, 15) is 4.79 Å². The van der Waals surface area contributed by atoms with E-state index in [0.717, 1.165) is 38.5 Å². The van der Waals surface area contributed by atoms with Crippen LogP contribution in [0.4, 0.5) is 5.82 Å². The van der Waals surface area contributed by atoms with Crippen LogP contribution >= 0.6 is 0 Å². The van der Waals surface area contributed by atoms with Crippen LogP contribution in [0.3, 0.4) is 0 Å². The molecular weight excluding hydrogens is 362 g/mol. The number of piperazine rings is 1. The molecule has 1 saturated carbocycles. The summed E-state index contributed by atoms with van der Waals surface area (Å²) in [5.74, 6) is 0.763. The first kappa shape index (κ1) is 19.8. The monoisotopic (exact) mass is 393 g/mol. The summed E-state index contributed by atoms with van der Waals surface area (Å²) in [5, 5.41) is 3.49. The lowest BCUT2D eigenvalue weighted by Crippen LogP contribution is -2.48. The van der Waals surface area contributed by atoms with Crippen molar-refractivity contribution in [3.05, 3.63) is 54.0 Å². The van der Waals surface area contributed by atoms with Crippen LogP contribution in [-0.4, -0.2) is 57.9 Å². The van der Waals surface area contributed by atoms with Gasteiger partial charge in [-0.15, -0.1) is 0 Å². The summed E-state index contributed by atoms with van der Waals surface area (Å²) in [4.78, 5) is 25.9. The number of anilines is 1. The van der Waals surface area contributed by atoms with Crippen molar-refractivity contribution in [2.45, 2.75) is 51.1 Å². The SMILES string of the molecule is O=C(c1cnc(NC2CCCCCC2)cn1)N1CCN(Cc2ccccc2)CC1. The maximum absolute atomic E-state index is 12.8. The number of hydrogen-bond acceptors (Lipinski definition) is 5. The average Bonchev–Trinajstić information content (AvgIpc) is 3.04. The summed E-state index contributed by atoms with van der Waals surface area (Å²) in [5.41, 5.74) is 1.75. The van der Waals surface area contributed by atoms with Gasteiger partial charge in [0, 0.05) is 38.8 Å². The van der Waals surface area contributed by atoms with Crippen molar-refractivity contribution in [1.29, 1.82) is 0 Å². The van der Waals surface area contributed by atoms with E-state index in [1.165, 1.54) is 44.1 Å². The summed E-state index contributed by atoms with van der Waals surface area (Å²) in [6.45, 7) is 4.17. The number of amides is 1. The van der Waals surface area contributed by atoms with Crippen molar-refractivity contribution in [3.63, 3.8) is 0 Å². The van der Waals surface area contributed by atoms with E-state index in [-0.39, 0.29) is 5.91 Å². The van der Waals surface area contributed by atoms with E-state index in [1.54, 1.807) is 12.4 Å². The van der Waals surface area contributed by atoms with Crippen molar-refractivity contribution in [1.82, 2.24) is 19.8 Å². The first-order valence-corrected chi connectivity index (χ1v) is 10.9. The Labute approximate surface area is 173 Å². The second-order valence-corrected chi connectivity index (χ2v) is 8.17. The van der Waals surface area contributed by atoms with E-state index in [2.05, 4.69) is 44.5 Å². The lowest BCUT2D eigenvalue weighted by Gasteiger charge is -2.34. The molecule has 1 amide bonds. The van der Waals surface area contributed by atoms with Crippen molar-refractivity contribution in [2.24, 2.45) is 0 Å². The summed E-state index contributed by atoms with van der Waals surface area (Å²) in [6, 6.07) is 11.0. The Kier molecular flexibility index (Phi) is 6.72. The Bertz CT molecular complexity index is 764. The van der Waals surface area contributed by atoms with Crippen LogP contribution in [0.2, 0.25) is 0 Å². The molecule has 2 heterocycles. The van der Waals surface area contributed by atoms with E-state index >= 15 is 0 Å². The number of benzene rings is 1. The lowest BCUT2D eigenvalue weighted by atomic mass is 10.1. The van der Waals surface area contributed by atoms with E-state index < -0.39 is 0 Å². The van der Waals surface area contributed by atoms with Crippen LogP contribution in [-0.2, 0) is 6.54 Å². The third-order valence-corrected chi connectivity index (χ3v) is 5.99. The Morgan fingerprint density at radius 1 is 0.931 bits per heavy atom. The van der Waals surface area contributed by atoms with Gasteiger partial charge in [0.05, 0.1) is 12.4 Å². The fourth-order valence-electron chi connectivity index (χ4n) is 4.26. The predicted octanol–water partition coefficient (Wildman–Crippen LogP) is 3.57. The molecule has 154 valence electrons. The highest BCUT2D eigenvalue weighted by molar-refractivity contribution is 5.92. The highest BCUT2D eigenvalue weighted by atomic mass is 16.2. The number of nitrogens with zero attached hydrogens (tertiary/aromatic N) is 4. The Hall–Kier alpha value is -2.47. The highest BCUT2D eigenvalue weighted by Crippen LogP contribution is 2.20. The largest absolute Gasteiger partial charge is 0.366 e. The van der Waals surface area contributed by atoms with Gasteiger partial charge < -0.3 is 10.2 Å². The normalized spacial score (nSPS) is 19.0. The van der Waals surface area contributed by atoms with Gasteiger partial charge in [-0.05, 0) is 18.4 Å². The van der Waals surface area contributed by atoms with Gasteiger partial charge in [0.1, 0.15) is 11.5 Å². The molecule has 4 rings (SSSR count). The minimum absolute atomic E-state index is 0.0159. The third kappa shape index (κ3) is 5.54. The van der Waals surface area contributed by atoms with Gasteiger partial charge >= 0.3 is 0 Å². The molecule has 2 fully saturated rings. The van der Waals surface area contributed by atoms with Gasteiger partial charge in [0.2, 0.25) is 0 Å². The van der Waals surface area contributed by atoms with Gasteiger partial charge in [-0.2, -0.15) is 0 Å². The third-order valence-electron chi connectivity index (χ3n) is 5.99. The summed E-state index contributed by atoms with van der Waals surface area (Å²) >= 11 is 0. The first-order valence-electron chi connectivity index (χ1n) is 10.9. The molecule has 6 heteroatoms. The molecule has 1 saturated heterocycles. The number of aromatic nitrogens is 2. The highest BCUT2D eigenvalue weighted by Gasteiger charge is 2.23. The second-order valence-electron chi connectivity index (χ2n) is 8.17. The van der Waals surface area contributed by atoms with Gasteiger partial charge in [0.15, 0.2) is 0 Å². The number of hydrogen-bond donors (Lipinski definition) is 1. The van der Waals surface area contributed by atoms with E-state index in [1.807, 2.05) is 11.0 Å². The maximum atomic E-state index is 12.8. The van der Waals surface area contributed by atoms with Crippen LogP contribution in [0.1, 0.15) is 54.6 Å². The van der Waals surface area contributed by atoms with Crippen LogP contribution in [0.25, 0.3) is 0 Å². The smallest absolute Gasteiger partial charge is 0.274 e. The quantitative estimate of drug-likeness (QED) is 0.787. The zero-order valence-corrected chi connectivity index (χ0v) is 17.1. The average molecular weight is 394 g/mol. The second kappa shape index (κ2) is 9.83. The summed E-state index contributed by atoms with van der Waals surface area (Å²) in [7, 11) is 0. The molecule has 1 aromatic heterocycles. The topological polar surface area (TPSA) is 61.4 Å². The summed E-state index contributed by atoms with van der Waals surface area (Å²) < 4.78 is 0. The van der Waals surface area contributed by atoms with E-state index in [0.29, 0.717) is 11.7 Å². The molecular formula is C23H31N5O. The standard InChI is InChI=1S/C23H31N5O/c29-23(28-14-12-27(13-15-28)18-19-8-4-3-5-9-19)21-16-25-22(17-24-21)26-20-10-6-1-2-7-11-20/h3-5,8-9,16-17,20H,1-2,6-7,10-15,18H2,(H,25,26). The van der Waals surface area contributed by atoms with Crippen LogP contribution in [0, 0.1) is 0 Å². The molecule has 0 unspecified atom stereocenters. The molecule has 0 spiro atoms. The molecule has 29 heavy (non-hydrogen) atoms. The molecule has 1 N–H and O–H groups in total. The molecule has 0 radical (unpaired) electrons. The van der Waals surface area contributed by atoms with Crippen LogP contribution in [0.15, 0.2) is 42.7 Å². The van der Waals surface area contributed by atoms with Crippen molar-refractivity contribution < 1.29 is 4.79 Å². The Morgan fingerprint density at radius 3 is 2.31 bits per heavy atom. The molecule has 2 aliphatic rings. The zero-order chi connectivity index (χ0) is 19.9. The minimum atomic E-state index is -0.0159. The fraction of sp³-hybridized carbons (Fsp3) is 0.522. The number of carbonyl (C=O) groups is 1. The molecule has 1 aliphatic heterocycles. The van der Waals surface area contributed by atoms with Crippen LogP contribution < -0.4 is 5.32 Å². The fourth-order valence-corrected chi connectivity index (χ4v) is 4.26. The van der Waals surface area contributed by atoms with Crippen LogP contribution in [0.5, 0.6) is 0 Å². The number of nitrogens with one attached hydrogen (secondary N) is 1. The summed E-state index contributed by atoms with van der Waals surface area (Å²) in [6.07, 6.45) is 10.9. The number of carbonyl (C=O) groups excluding carboxylic acids is 1. The van der Waals surface area contributed by atoms with Gasteiger partial charge in [0.25, 0.3) is 5.91 Å². The molecule has 1 aliphatic carbocycles. The first-order chi connectivity index (χ1) is 14.3. The molecule has 2 aromatic rings. The number of rotatable bonds is 5. The van der Waals surface area contributed by atoms with Crippen molar-refractivity contribution in [3.8, 4) is 0 Å². The molecule has 6 nitrogen and oxygen atoms in total. The molecule has 0 atom stereocenters. The van der Waals surface area contributed by atoms with Gasteiger partial charge in [-0.3, -0.25) is 9.69 Å². The van der Waals surface area contributed by atoms with E-state index in [4.69, 9.17) is 0 Å². The van der Waals surface area contributed by atoms with Crippen molar-refractivity contribution in [2.75, 3.05) is 31.5 Å². The van der Waals surface area contributed by atoms with Gasteiger partial charge in [-0.1, -0.05) is 56.0 Å². The predicted molar refractivity (Wildman–Crippen MR) is 115 cm³/mol. The zero-order valence-electron chi connectivity index (χ0n) is 17.1. The molecule has 1 aromatic carbocycles. The van der Waals surface area contributed by atoms with Crippen molar-refractivity contribution >= 4 is 11.7 Å². The Balaban J connectivity index is 1.27. The van der Waals surface area contributed by atoms with Gasteiger partial charge in [-0.25, -0.2) is 9.97 Å². The molecule has 0 bridgehead atoms. The lowest BCUT2D eigenvalue weighted by molar-refractivity contribution is 0.0622.